The van der Waals surface area contributed by atoms with E-state index in [2.05, 4.69) is 34.1 Å². The molecule has 2 heterocycles. The van der Waals surface area contributed by atoms with Crippen LogP contribution in [0.2, 0.25) is 0 Å². The first kappa shape index (κ1) is 11.2. The van der Waals surface area contributed by atoms with Crippen molar-refractivity contribution in [2.45, 2.75) is 19.9 Å². The molecule has 0 fully saturated rings. The van der Waals surface area contributed by atoms with Crippen molar-refractivity contribution in [2.24, 2.45) is 0 Å². The minimum atomic E-state index is 0.345. The molecule has 1 N–H and O–H groups in total. The van der Waals surface area contributed by atoms with Gasteiger partial charge in [-0.15, -0.1) is 11.3 Å². The number of nitrogens with zero attached hydrogens (tertiary/aromatic N) is 3. The van der Waals surface area contributed by atoms with E-state index in [1.165, 1.54) is 4.88 Å². The highest BCUT2D eigenvalue weighted by Crippen LogP contribution is 2.26. The van der Waals surface area contributed by atoms with E-state index in [0.29, 0.717) is 6.04 Å². The Morgan fingerprint density at radius 1 is 1.44 bits per heavy atom. The third-order valence-corrected chi connectivity index (χ3v) is 3.46. The zero-order valence-electron chi connectivity index (χ0n) is 9.34. The van der Waals surface area contributed by atoms with Crippen molar-refractivity contribution in [1.29, 1.82) is 0 Å². The van der Waals surface area contributed by atoms with E-state index in [9.17, 15) is 0 Å². The van der Waals surface area contributed by atoms with Gasteiger partial charge in [0.15, 0.2) is 0 Å². The van der Waals surface area contributed by atoms with E-state index >= 15 is 0 Å². The van der Waals surface area contributed by atoms with Gasteiger partial charge < -0.3 is 5.32 Å². The highest BCUT2D eigenvalue weighted by atomic mass is 32.1. The lowest BCUT2D eigenvalue weighted by Crippen LogP contribution is -2.16. The number of aromatic nitrogens is 3. The highest BCUT2D eigenvalue weighted by molar-refractivity contribution is 7.15. The van der Waals surface area contributed by atoms with Crippen LogP contribution in [0.3, 0.4) is 0 Å². The molecule has 4 nitrogen and oxygen atoms in total. The molecule has 1 unspecified atom stereocenters. The van der Waals surface area contributed by atoms with Crippen LogP contribution in [0.1, 0.15) is 24.8 Å². The first-order chi connectivity index (χ1) is 7.81. The molecule has 0 aliphatic carbocycles. The predicted molar refractivity (Wildman–Crippen MR) is 65.2 cm³/mol. The van der Waals surface area contributed by atoms with Gasteiger partial charge in [0.2, 0.25) is 0 Å². The van der Waals surface area contributed by atoms with Gasteiger partial charge in [0, 0.05) is 23.3 Å². The summed E-state index contributed by atoms with van der Waals surface area (Å²) in [7, 11) is 0. The van der Waals surface area contributed by atoms with E-state index in [0.717, 1.165) is 17.2 Å². The molecule has 0 amide bonds. The summed E-state index contributed by atoms with van der Waals surface area (Å²) in [5, 5.41) is 4.31. The van der Waals surface area contributed by atoms with Gasteiger partial charge in [-0.1, -0.05) is 6.92 Å². The fourth-order valence-electron chi connectivity index (χ4n) is 1.43. The van der Waals surface area contributed by atoms with Crippen molar-refractivity contribution in [3.05, 3.63) is 29.7 Å². The van der Waals surface area contributed by atoms with Crippen LogP contribution in [-0.4, -0.2) is 21.5 Å². The lowest BCUT2D eigenvalue weighted by molar-refractivity contribution is 0.606. The summed E-state index contributed by atoms with van der Waals surface area (Å²) < 4.78 is 0. The van der Waals surface area contributed by atoms with Gasteiger partial charge in [-0.05, 0) is 19.5 Å². The summed E-state index contributed by atoms with van der Waals surface area (Å²) >= 11 is 1.67. The maximum absolute atomic E-state index is 4.38. The van der Waals surface area contributed by atoms with Crippen molar-refractivity contribution in [3.8, 4) is 10.7 Å². The summed E-state index contributed by atoms with van der Waals surface area (Å²) in [5.74, 6) is 0. The molecule has 2 rings (SSSR count). The molecule has 0 aliphatic rings. The second-order valence-electron chi connectivity index (χ2n) is 3.44. The lowest BCUT2D eigenvalue weighted by Gasteiger charge is -2.07. The van der Waals surface area contributed by atoms with E-state index in [-0.39, 0.29) is 0 Å². The second-order valence-corrected chi connectivity index (χ2v) is 4.50. The Morgan fingerprint density at radius 2 is 2.31 bits per heavy atom. The second kappa shape index (κ2) is 5.14. The molecule has 16 heavy (non-hydrogen) atoms. The van der Waals surface area contributed by atoms with Crippen LogP contribution in [0.4, 0.5) is 0 Å². The SMILES string of the molecule is CCNC(C)c1cnc(-c2ccncn2)s1. The van der Waals surface area contributed by atoms with Crippen molar-refractivity contribution in [2.75, 3.05) is 6.54 Å². The van der Waals surface area contributed by atoms with Crippen molar-refractivity contribution in [3.63, 3.8) is 0 Å². The molecule has 0 saturated heterocycles. The van der Waals surface area contributed by atoms with E-state index in [1.807, 2.05) is 12.3 Å². The van der Waals surface area contributed by atoms with E-state index in [4.69, 9.17) is 0 Å². The first-order valence-corrected chi connectivity index (χ1v) is 6.08. The molecular formula is C11H14N4S. The van der Waals surface area contributed by atoms with Crippen LogP contribution in [-0.2, 0) is 0 Å². The minimum Gasteiger partial charge on any atom is -0.310 e. The summed E-state index contributed by atoms with van der Waals surface area (Å²) in [6.07, 6.45) is 5.19. The quantitative estimate of drug-likeness (QED) is 0.881. The molecule has 2 aromatic heterocycles. The largest absolute Gasteiger partial charge is 0.310 e. The molecule has 2 aromatic rings. The number of nitrogens with one attached hydrogen (secondary N) is 1. The maximum Gasteiger partial charge on any atom is 0.142 e. The molecule has 0 radical (unpaired) electrons. The van der Waals surface area contributed by atoms with E-state index < -0.39 is 0 Å². The van der Waals surface area contributed by atoms with E-state index in [1.54, 1.807) is 23.9 Å². The smallest absolute Gasteiger partial charge is 0.142 e. The predicted octanol–water partition coefficient (Wildman–Crippen LogP) is 2.27. The van der Waals surface area contributed by atoms with Gasteiger partial charge >= 0.3 is 0 Å². The first-order valence-electron chi connectivity index (χ1n) is 5.26. The molecule has 0 aromatic carbocycles. The van der Waals surface area contributed by atoms with Crippen LogP contribution in [0.15, 0.2) is 24.8 Å². The average Bonchev–Trinajstić information content (AvgIpc) is 2.80. The summed E-state index contributed by atoms with van der Waals surface area (Å²) in [4.78, 5) is 13.7. The molecule has 0 saturated carbocycles. The van der Waals surface area contributed by atoms with Crippen LogP contribution in [0, 0.1) is 0 Å². The Kier molecular flexibility index (Phi) is 3.58. The molecule has 0 aliphatic heterocycles. The third-order valence-electron chi connectivity index (χ3n) is 2.26. The number of hydrogen-bond donors (Lipinski definition) is 1. The average molecular weight is 234 g/mol. The van der Waals surface area contributed by atoms with Gasteiger partial charge in [-0.25, -0.2) is 15.0 Å². The monoisotopic (exact) mass is 234 g/mol. The molecule has 84 valence electrons. The fourth-order valence-corrected chi connectivity index (χ4v) is 2.35. The zero-order valence-corrected chi connectivity index (χ0v) is 10.2. The van der Waals surface area contributed by atoms with Crippen molar-refractivity contribution < 1.29 is 0 Å². The molecule has 5 heteroatoms. The van der Waals surface area contributed by atoms with Gasteiger partial charge in [0.05, 0.1) is 0 Å². The summed E-state index contributed by atoms with van der Waals surface area (Å²) in [6, 6.07) is 2.22. The van der Waals surface area contributed by atoms with Gasteiger partial charge in [-0.2, -0.15) is 0 Å². The summed E-state index contributed by atoms with van der Waals surface area (Å²) in [5.41, 5.74) is 0.884. The minimum absolute atomic E-state index is 0.345. The lowest BCUT2D eigenvalue weighted by atomic mass is 10.3. The molecule has 0 spiro atoms. The molecule has 0 bridgehead atoms. The number of hydrogen-bond acceptors (Lipinski definition) is 5. The number of thiazole rings is 1. The van der Waals surface area contributed by atoms with Crippen molar-refractivity contribution in [1.82, 2.24) is 20.3 Å². The van der Waals surface area contributed by atoms with Gasteiger partial charge in [0.1, 0.15) is 17.0 Å². The topological polar surface area (TPSA) is 50.7 Å². The standard InChI is InChI=1S/C11H14N4S/c1-3-13-8(2)10-6-14-11(16-10)9-4-5-12-7-15-9/h4-8,13H,3H2,1-2H3. The normalized spacial score (nSPS) is 12.6. The van der Waals surface area contributed by atoms with Gasteiger partial charge in [-0.3, -0.25) is 0 Å². The summed E-state index contributed by atoms with van der Waals surface area (Å²) in [6.45, 7) is 5.20. The van der Waals surface area contributed by atoms with Crippen LogP contribution < -0.4 is 5.32 Å². The van der Waals surface area contributed by atoms with Crippen LogP contribution in [0.5, 0.6) is 0 Å². The Bertz CT molecular complexity index is 440. The van der Waals surface area contributed by atoms with Crippen molar-refractivity contribution >= 4 is 11.3 Å². The molecular weight excluding hydrogens is 220 g/mol. The molecule has 1 atom stereocenters. The van der Waals surface area contributed by atoms with Crippen LogP contribution in [0.25, 0.3) is 10.7 Å². The third kappa shape index (κ3) is 2.43. The zero-order chi connectivity index (χ0) is 11.4. The highest BCUT2D eigenvalue weighted by Gasteiger charge is 2.10. The number of rotatable bonds is 4. The fraction of sp³-hybridized carbons (Fsp3) is 0.364. The maximum atomic E-state index is 4.38. The Morgan fingerprint density at radius 3 is 3.00 bits per heavy atom. The Labute approximate surface area is 98.8 Å². The van der Waals surface area contributed by atoms with Gasteiger partial charge in [0.25, 0.3) is 0 Å². The Hall–Kier alpha value is -1.33. The van der Waals surface area contributed by atoms with Crippen LogP contribution >= 0.6 is 11.3 Å². The Balaban J connectivity index is 2.20.